The van der Waals surface area contributed by atoms with Crippen molar-refractivity contribution in [2.24, 2.45) is 0 Å². The van der Waals surface area contributed by atoms with E-state index >= 15 is 0 Å². The Morgan fingerprint density at radius 3 is 2.87 bits per heavy atom. The lowest BCUT2D eigenvalue weighted by atomic mass is 10.1. The van der Waals surface area contributed by atoms with Crippen LogP contribution in [0.25, 0.3) is 0 Å². The molecule has 3 rings (SSSR count). The summed E-state index contributed by atoms with van der Waals surface area (Å²) >= 11 is 1.67. The maximum atomic E-state index is 4.23. The number of aromatic nitrogens is 1. The summed E-state index contributed by atoms with van der Waals surface area (Å²) in [7, 11) is 0. The minimum absolute atomic E-state index is 0.582. The van der Waals surface area contributed by atoms with E-state index in [0.29, 0.717) is 12.0 Å². The van der Waals surface area contributed by atoms with E-state index in [-0.39, 0.29) is 0 Å². The molecule has 0 aliphatic heterocycles. The van der Waals surface area contributed by atoms with Crippen molar-refractivity contribution in [2.45, 2.75) is 18.4 Å². The SMILES string of the molecule is c1ccc(C2CC2Nc2nccs2)cc1. The van der Waals surface area contributed by atoms with Crippen molar-refractivity contribution < 1.29 is 0 Å². The Morgan fingerprint density at radius 1 is 1.27 bits per heavy atom. The average molecular weight is 216 g/mol. The van der Waals surface area contributed by atoms with E-state index in [2.05, 4.69) is 40.6 Å². The quantitative estimate of drug-likeness (QED) is 0.852. The number of hydrogen-bond acceptors (Lipinski definition) is 3. The molecule has 2 atom stereocenters. The van der Waals surface area contributed by atoms with Crippen LogP contribution in [0.4, 0.5) is 5.13 Å². The second kappa shape index (κ2) is 3.66. The van der Waals surface area contributed by atoms with Crippen LogP contribution >= 0.6 is 11.3 Å². The summed E-state index contributed by atoms with van der Waals surface area (Å²) in [5.41, 5.74) is 1.44. The third-order valence-corrected chi connectivity index (χ3v) is 3.46. The predicted octanol–water partition coefficient (Wildman–Crippen LogP) is 3.11. The highest BCUT2D eigenvalue weighted by Crippen LogP contribution is 2.42. The third kappa shape index (κ3) is 1.88. The first-order chi connectivity index (χ1) is 7.43. The predicted molar refractivity (Wildman–Crippen MR) is 63.3 cm³/mol. The monoisotopic (exact) mass is 216 g/mol. The molecule has 1 aromatic heterocycles. The minimum Gasteiger partial charge on any atom is -0.358 e. The van der Waals surface area contributed by atoms with Crippen LogP contribution in [0.2, 0.25) is 0 Å². The maximum Gasteiger partial charge on any atom is 0.182 e. The Labute approximate surface area is 93.0 Å². The first kappa shape index (κ1) is 8.92. The summed E-state index contributed by atoms with van der Waals surface area (Å²) < 4.78 is 0. The van der Waals surface area contributed by atoms with E-state index in [1.165, 1.54) is 12.0 Å². The van der Waals surface area contributed by atoms with E-state index < -0.39 is 0 Å². The van der Waals surface area contributed by atoms with Crippen LogP contribution in [0, 0.1) is 0 Å². The van der Waals surface area contributed by atoms with Crippen LogP contribution in [-0.4, -0.2) is 11.0 Å². The van der Waals surface area contributed by atoms with Crippen molar-refractivity contribution in [3.63, 3.8) is 0 Å². The second-order valence-corrected chi connectivity index (χ2v) is 4.74. The smallest absolute Gasteiger partial charge is 0.182 e. The van der Waals surface area contributed by atoms with Gasteiger partial charge in [-0.15, -0.1) is 11.3 Å². The maximum absolute atomic E-state index is 4.23. The Morgan fingerprint density at radius 2 is 2.13 bits per heavy atom. The molecule has 15 heavy (non-hydrogen) atoms. The third-order valence-electron chi connectivity index (χ3n) is 2.76. The van der Waals surface area contributed by atoms with Crippen LogP contribution in [0.1, 0.15) is 17.9 Å². The molecule has 0 saturated heterocycles. The van der Waals surface area contributed by atoms with E-state index in [4.69, 9.17) is 0 Å². The summed E-state index contributed by atoms with van der Waals surface area (Å²) in [6.07, 6.45) is 3.07. The average Bonchev–Trinajstić information content (AvgIpc) is 2.84. The van der Waals surface area contributed by atoms with Gasteiger partial charge in [0.1, 0.15) is 0 Å². The zero-order valence-electron chi connectivity index (χ0n) is 8.26. The second-order valence-electron chi connectivity index (χ2n) is 3.84. The molecule has 0 bridgehead atoms. The molecule has 3 heteroatoms. The van der Waals surface area contributed by atoms with Crippen molar-refractivity contribution >= 4 is 16.5 Å². The van der Waals surface area contributed by atoms with Gasteiger partial charge in [-0.1, -0.05) is 30.3 Å². The molecule has 1 aromatic carbocycles. The highest BCUT2D eigenvalue weighted by Gasteiger charge is 2.38. The van der Waals surface area contributed by atoms with Gasteiger partial charge in [-0.3, -0.25) is 0 Å². The van der Waals surface area contributed by atoms with E-state index in [9.17, 15) is 0 Å². The van der Waals surface area contributed by atoms with Gasteiger partial charge in [0.05, 0.1) is 0 Å². The summed E-state index contributed by atoms with van der Waals surface area (Å²) in [6, 6.07) is 11.3. The summed E-state index contributed by atoms with van der Waals surface area (Å²) in [5.74, 6) is 0.676. The van der Waals surface area contributed by atoms with Crippen LogP contribution in [0.15, 0.2) is 41.9 Å². The largest absolute Gasteiger partial charge is 0.358 e. The molecule has 0 amide bonds. The molecule has 2 aromatic rings. The zero-order chi connectivity index (χ0) is 10.1. The molecular formula is C12H12N2S. The van der Waals surface area contributed by atoms with Crippen molar-refractivity contribution in [2.75, 3.05) is 5.32 Å². The van der Waals surface area contributed by atoms with Crippen LogP contribution in [0.5, 0.6) is 0 Å². The fourth-order valence-electron chi connectivity index (χ4n) is 1.88. The van der Waals surface area contributed by atoms with E-state index in [1.54, 1.807) is 11.3 Å². The standard InChI is InChI=1S/C12H12N2S/c1-2-4-9(5-3-1)10-8-11(10)14-12-13-6-7-15-12/h1-7,10-11H,8H2,(H,13,14). The van der Waals surface area contributed by atoms with Gasteiger partial charge >= 0.3 is 0 Å². The molecule has 0 spiro atoms. The van der Waals surface area contributed by atoms with Crippen LogP contribution < -0.4 is 5.32 Å². The number of thiazole rings is 1. The molecule has 2 unspecified atom stereocenters. The van der Waals surface area contributed by atoms with E-state index in [1.807, 2.05) is 11.6 Å². The van der Waals surface area contributed by atoms with Crippen molar-refractivity contribution in [1.29, 1.82) is 0 Å². The van der Waals surface area contributed by atoms with Gasteiger partial charge in [0.2, 0.25) is 0 Å². The first-order valence-corrected chi connectivity index (χ1v) is 6.02. The molecule has 1 aliphatic rings. The lowest BCUT2D eigenvalue weighted by Gasteiger charge is -2.01. The van der Waals surface area contributed by atoms with Crippen molar-refractivity contribution in [3.05, 3.63) is 47.5 Å². The summed E-state index contributed by atoms with van der Waals surface area (Å²) in [6.45, 7) is 0. The normalized spacial score (nSPS) is 23.7. The van der Waals surface area contributed by atoms with Gasteiger partial charge in [0.25, 0.3) is 0 Å². The Balaban J connectivity index is 1.65. The summed E-state index contributed by atoms with van der Waals surface area (Å²) in [4.78, 5) is 4.23. The molecule has 2 nitrogen and oxygen atoms in total. The van der Waals surface area contributed by atoms with Gasteiger partial charge < -0.3 is 5.32 Å². The van der Waals surface area contributed by atoms with Gasteiger partial charge in [0, 0.05) is 23.5 Å². The zero-order valence-corrected chi connectivity index (χ0v) is 9.08. The number of anilines is 1. The molecule has 0 radical (unpaired) electrons. The van der Waals surface area contributed by atoms with Crippen molar-refractivity contribution in [3.8, 4) is 0 Å². The lowest BCUT2D eigenvalue weighted by Crippen LogP contribution is -2.03. The van der Waals surface area contributed by atoms with Gasteiger partial charge in [0.15, 0.2) is 5.13 Å². The Hall–Kier alpha value is -1.35. The van der Waals surface area contributed by atoms with Crippen LogP contribution in [-0.2, 0) is 0 Å². The first-order valence-electron chi connectivity index (χ1n) is 5.14. The fraction of sp³-hybridized carbons (Fsp3) is 0.250. The number of hydrogen-bond donors (Lipinski definition) is 1. The molecule has 1 heterocycles. The topological polar surface area (TPSA) is 24.9 Å². The van der Waals surface area contributed by atoms with Crippen molar-refractivity contribution in [1.82, 2.24) is 4.98 Å². The minimum atomic E-state index is 0.582. The molecule has 1 fully saturated rings. The molecule has 1 saturated carbocycles. The Bertz CT molecular complexity index is 424. The molecule has 1 N–H and O–H groups in total. The van der Waals surface area contributed by atoms with Crippen LogP contribution in [0.3, 0.4) is 0 Å². The number of benzene rings is 1. The number of rotatable bonds is 3. The molecular weight excluding hydrogens is 204 g/mol. The molecule has 76 valence electrons. The fourth-order valence-corrected chi connectivity index (χ4v) is 2.47. The Kier molecular flexibility index (Phi) is 2.18. The van der Waals surface area contributed by atoms with E-state index in [0.717, 1.165) is 5.13 Å². The van der Waals surface area contributed by atoms with Gasteiger partial charge in [-0.2, -0.15) is 0 Å². The molecule has 1 aliphatic carbocycles. The van der Waals surface area contributed by atoms with Gasteiger partial charge in [-0.05, 0) is 12.0 Å². The highest BCUT2D eigenvalue weighted by atomic mass is 32.1. The number of nitrogens with zero attached hydrogens (tertiary/aromatic N) is 1. The summed E-state index contributed by atoms with van der Waals surface area (Å²) in [5, 5.41) is 6.49. The lowest BCUT2D eigenvalue weighted by molar-refractivity contribution is 1.04. The highest BCUT2D eigenvalue weighted by molar-refractivity contribution is 7.13. The van der Waals surface area contributed by atoms with Gasteiger partial charge in [-0.25, -0.2) is 4.98 Å². The number of nitrogens with one attached hydrogen (secondary N) is 1.